The van der Waals surface area contributed by atoms with Crippen molar-refractivity contribution >= 4 is 40.6 Å². The molecule has 5 nitrogen and oxygen atoms in total. The first-order valence-electron chi connectivity index (χ1n) is 7.60. The zero-order valence-corrected chi connectivity index (χ0v) is 14.6. The van der Waals surface area contributed by atoms with Crippen molar-refractivity contribution in [3.05, 3.63) is 70.1 Å². The van der Waals surface area contributed by atoms with Crippen LogP contribution in [0.4, 0.5) is 5.69 Å². The summed E-state index contributed by atoms with van der Waals surface area (Å²) >= 11 is 1.24. The molecule has 1 aliphatic rings. The number of carbonyl (C=O) groups is 2. The minimum Gasteiger partial charge on any atom is -0.465 e. The number of esters is 1. The number of rotatable bonds is 3. The van der Waals surface area contributed by atoms with Crippen molar-refractivity contribution in [3.8, 4) is 0 Å². The lowest BCUT2D eigenvalue weighted by molar-refractivity contribution is -0.115. The van der Waals surface area contributed by atoms with Gasteiger partial charge in [0.05, 0.1) is 23.3 Å². The number of hydrogen-bond acceptors (Lipinski definition) is 5. The highest BCUT2D eigenvalue weighted by Crippen LogP contribution is 2.29. The molecule has 1 fully saturated rings. The molecule has 1 aliphatic heterocycles. The Labute approximate surface area is 149 Å². The van der Waals surface area contributed by atoms with Crippen LogP contribution in [0.5, 0.6) is 0 Å². The molecule has 1 heterocycles. The molecular weight excluding hydrogens is 336 g/mol. The zero-order chi connectivity index (χ0) is 17.8. The maximum absolute atomic E-state index is 12.2. The molecule has 1 saturated heterocycles. The number of para-hydroxylation sites is 1. The molecule has 1 amide bonds. The number of amidine groups is 1. The number of methoxy groups -OCH3 is 1. The van der Waals surface area contributed by atoms with Crippen molar-refractivity contribution in [2.75, 3.05) is 7.11 Å². The second-order valence-electron chi connectivity index (χ2n) is 5.40. The van der Waals surface area contributed by atoms with Crippen LogP contribution in [-0.4, -0.2) is 24.2 Å². The number of benzene rings is 2. The van der Waals surface area contributed by atoms with E-state index < -0.39 is 5.97 Å². The quantitative estimate of drug-likeness (QED) is 0.676. The van der Waals surface area contributed by atoms with Gasteiger partial charge < -0.3 is 10.1 Å². The van der Waals surface area contributed by atoms with Gasteiger partial charge in [0.2, 0.25) is 0 Å². The summed E-state index contributed by atoms with van der Waals surface area (Å²) in [5, 5.41) is 3.16. The molecule has 2 aromatic rings. The van der Waals surface area contributed by atoms with Crippen molar-refractivity contribution in [2.45, 2.75) is 6.92 Å². The summed E-state index contributed by atoms with van der Waals surface area (Å²) in [5.74, 6) is -0.675. The number of nitrogens with zero attached hydrogens (tertiary/aromatic N) is 1. The Hall–Kier alpha value is -2.86. The summed E-state index contributed by atoms with van der Waals surface area (Å²) in [6.45, 7) is 2.00. The van der Waals surface area contributed by atoms with Crippen LogP contribution in [0.2, 0.25) is 0 Å². The highest BCUT2D eigenvalue weighted by molar-refractivity contribution is 8.18. The SMILES string of the molecule is COC(=O)c1ccccc1N=C1NC(=O)/C(=C/c2cccc(C)c2)S1. The Morgan fingerprint density at radius 1 is 1.20 bits per heavy atom. The zero-order valence-electron chi connectivity index (χ0n) is 13.8. The number of amides is 1. The molecule has 0 atom stereocenters. The Kier molecular flexibility index (Phi) is 5.00. The van der Waals surface area contributed by atoms with E-state index in [1.165, 1.54) is 18.9 Å². The summed E-state index contributed by atoms with van der Waals surface area (Å²) in [6, 6.07) is 14.7. The fraction of sp³-hybridized carbons (Fsp3) is 0.105. The van der Waals surface area contributed by atoms with Gasteiger partial charge in [0.15, 0.2) is 5.17 Å². The molecule has 3 rings (SSSR count). The van der Waals surface area contributed by atoms with E-state index in [-0.39, 0.29) is 5.91 Å². The van der Waals surface area contributed by atoms with E-state index in [1.807, 2.05) is 37.3 Å². The maximum atomic E-state index is 12.2. The number of aryl methyl sites for hydroxylation is 1. The van der Waals surface area contributed by atoms with Gasteiger partial charge in [0.1, 0.15) is 0 Å². The van der Waals surface area contributed by atoms with Crippen molar-refractivity contribution < 1.29 is 14.3 Å². The number of hydrogen-bond donors (Lipinski definition) is 1. The third kappa shape index (κ3) is 3.97. The minimum atomic E-state index is -0.468. The first kappa shape index (κ1) is 17.0. The van der Waals surface area contributed by atoms with Gasteiger partial charge in [-0.15, -0.1) is 0 Å². The highest BCUT2D eigenvalue weighted by Gasteiger charge is 2.24. The van der Waals surface area contributed by atoms with Crippen LogP contribution in [-0.2, 0) is 9.53 Å². The lowest BCUT2D eigenvalue weighted by Gasteiger charge is -2.03. The summed E-state index contributed by atoms with van der Waals surface area (Å²) in [5.41, 5.74) is 2.88. The van der Waals surface area contributed by atoms with Gasteiger partial charge in [-0.1, -0.05) is 42.0 Å². The predicted molar refractivity (Wildman–Crippen MR) is 99.8 cm³/mol. The second-order valence-corrected chi connectivity index (χ2v) is 6.44. The van der Waals surface area contributed by atoms with Crippen LogP contribution in [0, 0.1) is 6.92 Å². The smallest absolute Gasteiger partial charge is 0.340 e. The predicted octanol–water partition coefficient (Wildman–Crippen LogP) is 3.67. The summed E-state index contributed by atoms with van der Waals surface area (Å²) in [7, 11) is 1.32. The van der Waals surface area contributed by atoms with Crippen molar-refractivity contribution in [1.82, 2.24) is 5.32 Å². The summed E-state index contributed by atoms with van der Waals surface area (Å²) in [4.78, 5) is 28.9. The fourth-order valence-electron chi connectivity index (χ4n) is 2.35. The molecule has 0 aromatic heterocycles. The Balaban J connectivity index is 1.88. The first-order valence-corrected chi connectivity index (χ1v) is 8.42. The van der Waals surface area contributed by atoms with Gasteiger partial charge in [-0.25, -0.2) is 9.79 Å². The van der Waals surface area contributed by atoms with Crippen LogP contribution >= 0.6 is 11.8 Å². The molecule has 0 saturated carbocycles. The molecule has 0 aliphatic carbocycles. The van der Waals surface area contributed by atoms with E-state index in [1.54, 1.807) is 24.3 Å². The molecule has 126 valence electrons. The third-order valence-electron chi connectivity index (χ3n) is 3.52. The standard InChI is InChI=1S/C19H16N2O3S/c1-12-6-5-7-13(10-12)11-16-17(22)21-19(25-16)20-15-9-4-3-8-14(15)18(23)24-2/h3-11H,1-2H3,(H,20,21,22)/b16-11-. The largest absolute Gasteiger partial charge is 0.465 e. The van der Waals surface area contributed by atoms with Crippen LogP contribution < -0.4 is 5.32 Å². The lowest BCUT2D eigenvalue weighted by Crippen LogP contribution is -2.19. The van der Waals surface area contributed by atoms with E-state index in [9.17, 15) is 9.59 Å². The summed E-state index contributed by atoms with van der Waals surface area (Å²) in [6.07, 6.45) is 1.82. The third-order valence-corrected chi connectivity index (χ3v) is 4.43. The topological polar surface area (TPSA) is 67.8 Å². The van der Waals surface area contributed by atoms with Crippen molar-refractivity contribution in [2.24, 2.45) is 4.99 Å². The summed E-state index contributed by atoms with van der Waals surface area (Å²) < 4.78 is 4.76. The van der Waals surface area contributed by atoms with E-state index >= 15 is 0 Å². The normalized spacial score (nSPS) is 17.0. The molecule has 1 N–H and O–H groups in total. The van der Waals surface area contributed by atoms with Gasteiger partial charge in [0.25, 0.3) is 5.91 Å². The molecule has 0 unspecified atom stereocenters. The first-order chi connectivity index (χ1) is 12.1. The monoisotopic (exact) mass is 352 g/mol. The molecule has 0 bridgehead atoms. The molecule has 0 radical (unpaired) electrons. The fourth-order valence-corrected chi connectivity index (χ4v) is 3.19. The van der Waals surface area contributed by atoms with Crippen LogP contribution in [0.1, 0.15) is 21.5 Å². The van der Waals surface area contributed by atoms with Crippen molar-refractivity contribution in [3.63, 3.8) is 0 Å². The number of ether oxygens (including phenoxy) is 1. The van der Waals surface area contributed by atoms with Gasteiger partial charge in [-0.05, 0) is 42.5 Å². The maximum Gasteiger partial charge on any atom is 0.340 e. The van der Waals surface area contributed by atoms with Gasteiger partial charge >= 0.3 is 5.97 Å². The number of nitrogens with one attached hydrogen (secondary N) is 1. The van der Waals surface area contributed by atoms with Crippen molar-refractivity contribution in [1.29, 1.82) is 0 Å². The minimum absolute atomic E-state index is 0.208. The van der Waals surface area contributed by atoms with Crippen LogP contribution in [0.15, 0.2) is 58.4 Å². The average Bonchev–Trinajstić information content (AvgIpc) is 2.94. The highest BCUT2D eigenvalue weighted by atomic mass is 32.2. The van der Waals surface area contributed by atoms with Gasteiger partial charge in [-0.3, -0.25) is 4.79 Å². The number of thioether (sulfide) groups is 1. The Morgan fingerprint density at radius 2 is 2.00 bits per heavy atom. The van der Waals surface area contributed by atoms with Crippen LogP contribution in [0.25, 0.3) is 6.08 Å². The molecule has 0 spiro atoms. The average molecular weight is 352 g/mol. The second kappa shape index (κ2) is 7.36. The molecule has 2 aromatic carbocycles. The Morgan fingerprint density at radius 3 is 2.76 bits per heavy atom. The van der Waals surface area contributed by atoms with Gasteiger partial charge in [-0.2, -0.15) is 0 Å². The van der Waals surface area contributed by atoms with E-state index in [2.05, 4.69) is 10.3 Å². The number of carbonyl (C=O) groups excluding carboxylic acids is 2. The number of aliphatic imine (C=N–C) groups is 1. The lowest BCUT2D eigenvalue weighted by atomic mass is 10.1. The van der Waals surface area contributed by atoms with E-state index in [4.69, 9.17) is 4.74 Å². The molecule has 25 heavy (non-hydrogen) atoms. The Bertz CT molecular complexity index is 903. The molecule has 6 heteroatoms. The van der Waals surface area contributed by atoms with Gasteiger partial charge in [0, 0.05) is 0 Å². The van der Waals surface area contributed by atoms with E-state index in [0.29, 0.717) is 21.3 Å². The van der Waals surface area contributed by atoms with E-state index in [0.717, 1.165) is 11.1 Å². The van der Waals surface area contributed by atoms with Crippen LogP contribution in [0.3, 0.4) is 0 Å². The molecular formula is C19H16N2O3S.